The predicted octanol–water partition coefficient (Wildman–Crippen LogP) is 3.17. The molecule has 0 amide bonds. The van der Waals surface area contributed by atoms with E-state index in [-0.39, 0.29) is 17.2 Å². The lowest BCUT2D eigenvalue weighted by atomic mass is 9.84. The van der Waals surface area contributed by atoms with Crippen molar-refractivity contribution in [2.24, 2.45) is 11.1 Å². The van der Waals surface area contributed by atoms with Gasteiger partial charge in [-0.15, -0.1) is 0 Å². The fourth-order valence-electron chi connectivity index (χ4n) is 1.45. The van der Waals surface area contributed by atoms with Crippen molar-refractivity contribution in [3.8, 4) is 0 Å². The third-order valence-electron chi connectivity index (χ3n) is 2.87. The second-order valence-corrected chi connectivity index (χ2v) is 6.76. The molecule has 1 aromatic carbocycles. The highest BCUT2D eigenvalue weighted by atomic mass is 127. The molecule has 0 saturated heterocycles. The van der Waals surface area contributed by atoms with Crippen LogP contribution in [0.2, 0.25) is 0 Å². The Bertz CT molecular complexity index is 378. The number of nitrogens with two attached hydrogens (primary N) is 1. The fraction of sp³-hybridized carbons (Fsp3) is 0.500. The third-order valence-corrected chi connectivity index (χ3v) is 3.59. The van der Waals surface area contributed by atoms with Crippen LogP contribution < -0.4 is 5.73 Å². The maximum atomic E-state index is 11.9. The van der Waals surface area contributed by atoms with E-state index in [0.29, 0.717) is 12.8 Å². The summed E-state index contributed by atoms with van der Waals surface area (Å²) in [5, 5.41) is 0. The zero-order chi connectivity index (χ0) is 13.1. The van der Waals surface area contributed by atoms with Gasteiger partial charge in [0.05, 0.1) is 0 Å². The van der Waals surface area contributed by atoms with E-state index >= 15 is 0 Å². The first-order valence-electron chi connectivity index (χ1n) is 5.81. The largest absolute Gasteiger partial charge is 0.327 e. The van der Waals surface area contributed by atoms with Gasteiger partial charge < -0.3 is 5.73 Å². The molecule has 0 aliphatic carbocycles. The lowest BCUT2D eigenvalue weighted by Crippen LogP contribution is -2.37. The lowest BCUT2D eigenvalue weighted by molar-refractivity contribution is -0.119. The first-order valence-corrected chi connectivity index (χ1v) is 6.88. The van der Waals surface area contributed by atoms with E-state index in [4.69, 9.17) is 5.73 Å². The highest BCUT2D eigenvalue weighted by Gasteiger charge is 2.22. The summed E-state index contributed by atoms with van der Waals surface area (Å²) in [6.45, 7) is 6.20. The van der Waals surface area contributed by atoms with Crippen molar-refractivity contribution in [3.05, 3.63) is 33.4 Å². The number of hydrogen-bond acceptors (Lipinski definition) is 2. The third kappa shape index (κ3) is 5.17. The summed E-state index contributed by atoms with van der Waals surface area (Å²) in [6.07, 6.45) is 0.941. The molecule has 0 fully saturated rings. The van der Waals surface area contributed by atoms with Crippen LogP contribution >= 0.6 is 22.6 Å². The second-order valence-electron chi connectivity index (χ2n) is 5.52. The molecule has 0 bridgehead atoms. The van der Waals surface area contributed by atoms with Crippen LogP contribution in [0.1, 0.15) is 32.8 Å². The van der Waals surface area contributed by atoms with Gasteiger partial charge in [-0.25, -0.2) is 0 Å². The molecule has 0 spiro atoms. The molecule has 0 aliphatic heterocycles. The fourth-order valence-corrected chi connectivity index (χ4v) is 1.81. The van der Waals surface area contributed by atoms with Crippen molar-refractivity contribution < 1.29 is 4.79 Å². The number of halogens is 1. The SMILES string of the molecule is CC(C)(C)C(N)CC(=O)Cc1ccc(I)cc1. The smallest absolute Gasteiger partial charge is 0.138 e. The Morgan fingerprint density at radius 2 is 1.82 bits per heavy atom. The summed E-state index contributed by atoms with van der Waals surface area (Å²) >= 11 is 2.26. The van der Waals surface area contributed by atoms with Gasteiger partial charge in [-0.3, -0.25) is 4.79 Å². The number of rotatable bonds is 4. The van der Waals surface area contributed by atoms with Crippen molar-refractivity contribution in [1.29, 1.82) is 0 Å². The molecule has 1 unspecified atom stereocenters. The van der Waals surface area contributed by atoms with Crippen molar-refractivity contribution in [2.45, 2.75) is 39.7 Å². The molecule has 2 N–H and O–H groups in total. The molecule has 17 heavy (non-hydrogen) atoms. The number of carbonyl (C=O) groups excluding carboxylic acids is 1. The van der Waals surface area contributed by atoms with E-state index in [1.54, 1.807) is 0 Å². The van der Waals surface area contributed by atoms with E-state index in [0.717, 1.165) is 5.56 Å². The minimum absolute atomic E-state index is 0.0122. The summed E-state index contributed by atoms with van der Waals surface area (Å²) in [5.41, 5.74) is 7.06. The molecule has 0 saturated carbocycles. The molecule has 0 aliphatic rings. The van der Waals surface area contributed by atoms with Crippen LogP contribution in [0.4, 0.5) is 0 Å². The lowest BCUT2D eigenvalue weighted by Gasteiger charge is -2.26. The highest BCUT2D eigenvalue weighted by molar-refractivity contribution is 14.1. The molecule has 0 radical (unpaired) electrons. The Morgan fingerprint density at radius 3 is 2.29 bits per heavy atom. The maximum absolute atomic E-state index is 11.9. The number of hydrogen-bond donors (Lipinski definition) is 1. The molecular formula is C14H20INO. The molecule has 0 aromatic heterocycles. The van der Waals surface area contributed by atoms with Gasteiger partial charge in [-0.1, -0.05) is 32.9 Å². The predicted molar refractivity (Wildman–Crippen MR) is 79.9 cm³/mol. The van der Waals surface area contributed by atoms with E-state index < -0.39 is 0 Å². The Hall–Kier alpha value is -0.420. The molecule has 1 rings (SSSR count). The van der Waals surface area contributed by atoms with Crippen molar-refractivity contribution >= 4 is 28.4 Å². The highest BCUT2D eigenvalue weighted by Crippen LogP contribution is 2.20. The van der Waals surface area contributed by atoms with Crippen LogP contribution in [-0.2, 0) is 11.2 Å². The molecule has 3 heteroatoms. The van der Waals surface area contributed by atoms with Crippen LogP contribution in [0.25, 0.3) is 0 Å². The van der Waals surface area contributed by atoms with E-state index in [1.807, 2.05) is 24.3 Å². The van der Waals surface area contributed by atoms with Crippen LogP contribution in [0.15, 0.2) is 24.3 Å². The Kier molecular flexibility index (Phi) is 5.13. The number of carbonyl (C=O) groups is 1. The van der Waals surface area contributed by atoms with Gasteiger partial charge in [-0.05, 0) is 45.7 Å². The number of Topliss-reactive ketones (excluding diaryl/α,β-unsaturated/α-hetero) is 1. The summed E-state index contributed by atoms with van der Waals surface area (Å²) < 4.78 is 1.19. The van der Waals surface area contributed by atoms with E-state index in [2.05, 4.69) is 43.4 Å². The number of benzene rings is 1. The first kappa shape index (κ1) is 14.6. The van der Waals surface area contributed by atoms with E-state index in [1.165, 1.54) is 3.57 Å². The number of ketones is 1. The standard InChI is InChI=1S/C14H20INO/c1-14(2,3)13(16)9-12(17)8-10-4-6-11(15)7-5-10/h4-7,13H,8-9,16H2,1-3H3. The van der Waals surface area contributed by atoms with Crippen molar-refractivity contribution in [2.75, 3.05) is 0 Å². The molecule has 1 aromatic rings. The topological polar surface area (TPSA) is 43.1 Å². The minimum Gasteiger partial charge on any atom is -0.327 e. The first-order chi connectivity index (χ1) is 7.79. The van der Waals surface area contributed by atoms with Crippen LogP contribution in [0.5, 0.6) is 0 Å². The summed E-state index contributed by atoms with van der Waals surface area (Å²) in [4.78, 5) is 11.9. The molecule has 0 heterocycles. The molecule has 2 nitrogen and oxygen atoms in total. The second kappa shape index (κ2) is 5.96. The van der Waals surface area contributed by atoms with Gasteiger partial charge in [0.15, 0.2) is 0 Å². The molecular weight excluding hydrogens is 325 g/mol. The van der Waals surface area contributed by atoms with Gasteiger partial charge in [0, 0.05) is 22.5 Å². The monoisotopic (exact) mass is 345 g/mol. The summed E-state index contributed by atoms with van der Waals surface area (Å²) in [5.74, 6) is 0.216. The molecule has 94 valence electrons. The average molecular weight is 345 g/mol. The zero-order valence-electron chi connectivity index (χ0n) is 10.7. The van der Waals surface area contributed by atoms with Crippen molar-refractivity contribution in [3.63, 3.8) is 0 Å². The van der Waals surface area contributed by atoms with Gasteiger partial charge in [0.25, 0.3) is 0 Å². The van der Waals surface area contributed by atoms with Gasteiger partial charge in [0.2, 0.25) is 0 Å². The van der Waals surface area contributed by atoms with Crippen LogP contribution in [0.3, 0.4) is 0 Å². The Labute approximate surface area is 117 Å². The quantitative estimate of drug-likeness (QED) is 0.852. The van der Waals surface area contributed by atoms with Gasteiger partial charge in [0.1, 0.15) is 5.78 Å². The van der Waals surface area contributed by atoms with Gasteiger partial charge in [-0.2, -0.15) is 0 Å². The molecule has 1 atom stereocenters. The van der Waals surface area contributed by atoms with Crippen LogP contribution in [-0.4, -0.2) is 11.8 Å². The summed E-state index contributed by atoms with van der Waals surface area (Å²) in [6, 6.07) is 7.98. The average Bonchev–Trinajstić information content (AvgIpc) is 2.20. The van der Waals surface area contributed by atoms with Crippen LogP contribution in [0, 0.1) is 8.99 Å². The van der Waals surface area contributed by atoms with Crippen molar-refractivity contribution in [1.82, 2.24) is 0 Å². The van der Waals surface area contributed by atoms with Gasteiger partial charge >= 0.3 is 0 Å². The Balaban J connectivity index is 2.53. The maximum Gasteiger partial charge on any atom is 0.138 e. The minimum atomic E-state index is -0.0705. The summed E-state index contributed by atoms with van der Waals surface area (Å²) in [7, 11) is 0. The van der Waals surface area contributed by atoms with E-state index in [9.17, 15) is 4.79 Å². The zero-order valence-corrected chi connectivity index (χ0v) is 12.8. The Morgan fingerprint density at radius 1 is 1.29 bits per heavy atom. The normalized spacial score (nSPS) is 13.5.